The van der Waals surface area contributed by atoms with Crippen LogP contribution in [0.25, 0.3) is 0 Å². The van der Waals surface area contributed by atoms with Crippen LogP contribution in [0.15, 0.2) is 0 Å². The van der Waals surface area contributed by atoms with Gasteiger partial charge in [0.15, 0.2) is 6.29 Å². The third-order valence-corrected chi connectivity index (χ3v) is 3.00. The lowest BCUT2D eigenvalue weighted by Gasteiger charge is -2.07. The molecule has 0 spiro atoms. The van der Waals surface area contributed by atoms with Crippen molar-refractivity contribution in [1.82, 2.24) is 14.7 Å². The molecule has 0 amide bonds. The Labute approximate surface area is 82.5 Å². The largest absolute Gasteiger partial charge is 0.296 e. The maximum absolute atomic E-state index is 10.8. The lowest BCUT2D eigenvalue weighted by molar-refractivity contribution is 0.111. The number of fused-ring (bicyclic) bond motifs is 1. The Morgan fingerprint density at radius 2 is 2.21 bits per heavy atom. The van der Waals surface area contributed by atoms with E-state index in [0.29, 0.717) is 11.7 Å². The van der Waals surface area contributed by atoms with Crippen molar-refractivity contribution in [2.45, 2.75) is 32.0 Å². The van der Waals surface area contributed by atoms with Crippen LogP contribution < -0.4 is 0 Å². The number of aldehydes is 1. The zero-order valence-corrected chi connectivity index (χ0v) is 8.23. The normalized spacial score (nSPS) is 21.2. The molecule has 0 saturated heterocycles. The highest BCUT2D eigenvalue weighted by Gasteiger charge is 2.32. The molecule has 1 aromatic rings. The summed E-state index contributed by atoms with van der Waals surface area (Å²) in [5.74, 6) is 0. The van der Waals surface area contributed by atoms with Crippen LogP contribution in [0.3, 0.4) is 0 Å². The Morgan fingerprint density at radius 3 is 2.86 bits per heavy atom. The molecule has 0 aromatic carbocycles. The van der Waals surface area contributed by atoms with Crippen LogP contribution in [-0.4, -0.2) is 28.0 Å². The molecule has 1 aliphatic carbocycles. The Morgan fingerprint density at radius 1 is 1.43 bits per heavy atom. The van der Waals surface area contributed by atoms with Gasteiger partial charge in [-0.15, -0.1) is 0 Å². The monoisotopic (exact) mass is 191 g/mol. The van der Waals surface area contributed by atoms with Gasteiger partial charge >= 0.3 is 0 Å². The summed E-state index contributed by atoms with van der Waals surface area (Å²) >= 11 is 0. The van der Waals surface area contributed by atoms with Crippen LogP contribution in [0.2, 0.25) is 0 Å². The van der Waals surface area contributed by atoms with Crippen molar-refractivity contribution in [3.63, 3.8) is 0 Å². The van der Waals surface area contributed by atoms with Crippen LogP contribution in [0.1, 0.15) is 40.6 Å². The molecule has 1 aromatic heterocycles. The molecule has 0 atom stereocenters. The fourth-order valence-electron chi connectivity index (χ4n) is 2.16. The van der Waals surface area contributed by atoms with Crippen LogP contribution in [0.4, 0.5) is 0 Å². The van der Waals surface area contributed by atoms with Gasteiger partial charge in [-0.05, 0) is 19.9 Å². The highest BCUT2D eigenvalue weighted by Crippen LogP contribution is 2.38. The van der Waals surface area contributed by atoms with Gasteiger partial charge in [-0.3, -0.25) is 14.4 Å². The molecule has 0 radical (unpaired) electrons. The van der Waals surface area contributed by atoms with Crippen LogP contribution in [0, 0.1) is 0 Å². The van der Waals surface area contributed by atoms with Crippen LogP contribution in [-0.2, 0) is 13.1 Å². The molecular weight excluding hydrogens is 178 g/mol. The van der Waals surface area contributed by atoms with Crippen molar-refractivity contribution in [3.8, 4) is 0 Å². The predicted octanol–water partition coefficient (Wildman–Crippen LogP) is 0.976. The summed E-state index contributed by atoms with van der Waals surface area (Å²) < 4.78 is 2.07. The summed E-state index contributed by atoms with van der Waals surface area (Å²) in [4.78, 5) is 13.1. The van der Waals surface area contributed by atoms with Crippen LogP contribution in [0.5, 0.6) is 0 Å². The number of hydrogen-bond acceptors (Lipinski definition) is 3. The van der Waals surface area contributed by atoms with Gasteiger partial charge < -0.3 is 0 Å². The fraction of sp³-hybridized carbons (Fsp3) is 0.600. The lowest BCUT2D eigenvalue weighted by atomic mass is 10.2. The van der Waals surface area contributed by atoms with Crippen LogP contribution >= 0.6 is 0 Å². The second-order valence-electron chi connectivity index (χ2n) is 4.28. The molecule has 4 heteroatoms. The summed E-state index contributed by atoms with van der Waals surface area (Å²) in [6, 6.07) is 0.573. The first-order valence-corrected chi connectivity index (χ1v) is 5.03. The quantitative estimate of drug-likeness (QED) is 0.654. The van der Waals surface area contributed by atoms with E-state index in [0.717, 1.165) is 24.9 Å². The van der Waals surface area contributed by atoms with E-state index in [-0.39, 0.29) is 0 Å². The minimum atomic E-state index is 0.573. The van der Waals surface area contributed by atoms with Crippen molar-refractivity contribution in [3.05, 3.63) is 17.0 Å². The predicted molar refractivity (Wildman–Crippen MR) is 51.1 cm³/mol. The highest BCUT2D eigenvalue weighted by atomic mass is 16.1. The maximum atomic E-state index is 10.8. The molecule has 3 rings (SSSR count). The Kier molecular flexibility index (Phi) is 1.56. The second kappa shape index (κ2) is 2.67. The van der Waals surface area contributed by atoms with E-state index in [4.69, 9.17) is 0 Å². The van der Waals surface area contributed by atoms with E-state index in [2.05, 4.69) is 21.7 Å². The zero-order chi connectivity index (χ0) is 9.71. The molecular formula is C10H13N3O. The number of hydrogen-bond donors (Lipinski definition) is 0. The number of rotatable bonds is 2. The molecule has 1 aliphatic heterocycles. The number of carbonyl (C=O) groups is 1. The average Bonchev–Trinajstić information content (AvgIpc) is 2.84. The van der Waals surface area contributed by atoms with Gasteiger partial charge in [0, 0.05) is 18.7 Å². The number of nitrogens with zero attached hydrogens (tertiary/aromatic N) is 3. The summed E-state index contributed by atoms with van der Waals surface area (Å²) in [6.07, 6.45) is 3.32. The van der Waals surface area contributed by atoms with E-state index in [1.54, 1.807) is 0 Å². The van der Waals surface area contributed by atoms with Crippen molar-refractivity contribution >= 4 is 6.29 Å². The van der Waals surface area contributed by atoms with E-state index in [1.807, 2.05) is 0 Å². The van der Waals surface area contributed by atoms with Crippen molar-refractivity contribution in [2.24, 2.45) is 0 Å². The molecule has 2 heterocycles. The molecule has 1 fully saturated rings. The Balaban J connectivity index is 2.10. The first-order chi connectivity index (χ1) is 6.79. The lowest BCUT2D eigenvalue weighted by Crippen LogP contribution is -2.12. The third kappa shape index (κ3) is 1.04. The molecule has 14 heavy (non-hydrogen) atoms. The van der Waals surface area contributed by atoms with Gasteiger partial charge in [-0.2, -0.15) is 5.10 Å². The maximum Gasteiger partial charge on any atom is 0.170 e. The molecule has 0 unspecified atom stereocenters. The highest BCUT2D eigenvalue weighted by molar-refractivity contribution is 5.75. The van der Waals surface area contributed by atoms with Crippen molar-refractivity contribution in [1.29, 1.82) is 0 Å². The van der Waals surface area contributed by atoms with Gasteiger partial charge in [-0.1, -0.05) is 0 Å². The van der Waals surface area contributed by atoms with E-state index in [9.17, 15) is 4.79 Å². The topological polar surface area (TPSA) is 38.1 Å². The Bertz CT molecular complexity index is 392. The molecule has 2 aliphatic rings. The zero-order valence-electron chi connectivity index (χ0n) is 8.23. The first kappa shape index (κ1) is 8.17. The molecule has 74 valence electrons. The van der Waals surface area contributed by atoms with Gasteiger partial charge in [0.25, 0.3) is 0 Å². The number of carbonyl (C=O) groups excluding carboxylic acids is 1. The minimum Gasteiger partial charge on any atom is -0.296 e. The molecule has 4 nitrogen and oxygen atoms in total. The summed E-state index contributed by atoms with van der Waals surface area (Å²) in [5, 5.41) is 4.37. The van der Waals surface area contributed by atoms with Gasteiger partial charge in [-0.25, -0.2) is 0 Å². The standard InChI is InChI=1S/C10H13N3O/c1-12-4-8-9(6-14)11-13(7-2-3-7)10(8)5-12/h6-7H,2-5H2,1H3. The molecule has 1 saturated carbocycles. The third-order valence-electron chi connectivity index (χ3n) is 3.00. The van der Waals surface area contributed by atoms with Crippen molar-refractivity contribution in [2.75, 3.05) is 7.05 Å². The van der Waals surface area contributed by atoms with E-state index in [1.165, 1.54) is 18.5 Å². The summed E-state index contributed by atoms with van der Waals surface area (Å²) in [5.41, 5.74) is 3.06. The van der Waals surface area contributed by atoms with Gasteiger partial charge in [0.05, 0.1) is 11.7 Å². The SMILES string of the molecule is CN1Cc2c(C=O)nn(C3CC3)c2C1. The molecule has 0 bridgehead atoms. The summed E-state index contributed by atoms with van der Waals surface area (Å²) in [6.45, 7) is 1.81. The minimum absolute atomic E-state index is 0.573. The second-order valence-corrected chi connectivity index (χ2v) is 4.28. The average molecular weight is 191 g/mol. The fourth-order valence-corrected chi connectivity index (χ4v) is 2.16. The van der Waals surface area contributed by atoms with E-state index < -0.39 is 0 Å². The molecule has 0 N–H and O–H groups in total. The first-order valence-electron chi connectivity index (χ1n) is 5.03. The van der Waals surface area contributed by atoms with Crippen molar-refractivity contribution < 1.29 is 4.79 Å². The summed E-state index contributed by atoms with van der Waals surface area (Å²) in [7, 11) is 2.08. The number of aromatic nitrogens is 2. The van der Waals surface area contributed by atoms with Gasteiger partial charge in [0.2, 0.25) is 0 Å². The van der Waals surface area contributed by atoms with Gasteiger partial charge in [0.1, 0.15) is 5.69 Å². The van der Waals surface area contributed by atoms with E-state index >= 15 is 0 Å². The smallest absolute Gasteiger partial charge is 0.170 e. The Hall–Kier alpha value is -1.16.